The minimum atomic E-state index is -0.194. The lowest BCUT2D eigenvalue weighted by Gasteiger charge is -2.44. The summed E-state index contributed by atoms with van der Waals surface area (Å²) in [4.78, 5) is 28.4. The van der Waals surface area contributed by atoms with Gasteiger partial charge in [0, 0.05) is 31.7 Å². The number of ether oxygens (including phenoxy) is 2. The number of hydrogen-bond acceptors (Lipinski definition) is 6. The molecule has 6 nitrogen and oxygen atoms in total. The largest absolute Gasteiger partial charge is 0.466 e. The molecular formula is C20H30N2O4. The van der Waals surface area contributed by atoms with Crippen LogP contribution in [-0.4, -0.2) is 67.2 Å². The first-order chi connectivity index (χ1) is 12.5. The standard InChI is InChI=1S/C20H30N2O4/c1-4-25-19(23)11-17-14-22(13-16-9-7-6-8-10-16)15-18(21(17)3)12-20(24)26-5-2/h6-10,17-18H,4-5,11-15H2,1-3H3/t17-,18+. The van der Waals surface area contributed by atoms with E-state index in [-0.39, 0.29) is 24.0 Å². The number of piperazine rings is 1. The van der Waals surface area contributed by atoms with Gasteiger partial charge in [-0.1, -0.05) is 30.3 Å². The molecule has 0 bridgehead atoms. The van der Waals surface area contributed by atoms with Gasteiger partial charge in [-0.25, -0.2) is 0 Å². The summed E-state index contributed by atoms with van der Waals surface area (Å²) in [6.07, 6.45) is 0.657. The lowest BCUT2D eigenvalue weighted by Crippen LogP contribution is -2.57. The summed E-state index contributed by atoms with van der Waals surface area (Å²) >= 11 is 0. The zero-order valence-electron chi connectivity index (χ0n) is 16.0. The summed E-state index contributed by atoms with van der Waals surface area (Å²) in [6, 6.07) is 10.3. The lowest BCUT2D eigenvalue weighted by atomic mass is 10.0. The lowest BCUT2D eigenvalue weighted by molar-refractivity contribution is -0.147. The Labute approximate surface area is 156 Å². The van der Waals surface area contributed by atoms with Crippen molar-refractivity contribution in [2.75, 3.05) is 33.4 Å². The van der Waals surface area contributed by atoms with Crippen molar-refractivity contribution in [3.63, 3.8) is 0 Å². The second kappa shape index (κ2) is 10.3. The number of esters is 2. The Morgan fingerprint density at radius 3 is 1.92 bits per heavy atom. The Kier molecular flexibility index (Phi) is 8.06. The van der Waals surface area contributed by atoms with Crippen LogP contribution in [0.5, 0.6) is 0 Å². The normalized spacial score (nSPS) is 21.3. The van der Waals surface area contributed by atoms with E-state index in [1.54, 1.807) is 0 Å². The number of carbonyl (C=O) groups excluding carboxylic acids is 2. The Bertz CT molecular complexity index is 548. The number of carbonyl (C=O) groups is 2. The van der Waals surface area contributed by atoms with Gasteiger partial charge in [-0.2, -0.15) is 0 Å². The van der Waals surface area contributed by atoms with Crippen LogP contribution in [0.25, 0.3) is 0 Å². The van der Waals surface area contributed by atoms with E-state index < -0.39 is 0 Å². The molecule has 2 atom stereocenters. The number of rotatable bonds is 8. The molecule has 0 aromatic heterocycles. The van der Waals surface area contributed by atoms with Crippen molar-refractivity contribution >= 4 is 11.9 Å². The first-order valence-electron chi connectivity index (χ1n) is 9.32. The van der Waals surface area contributed by atoms with Crippen LogP contribution in [0.1, 0.15) is 32.3 Å². The molecule has 0 aliphatic carbocycles. The van der Waals surface area contributed by atoms with Crippen LogP contribution < -0.4 is 0 Å². The summed E-state index contributed by atoms with van der Waals surface area (Å²) < 4.78 is 10.3. The van der Waals surface area contributed by atoms with Crippen molar-refractivity contribution in [1.29, 1.82) is 0 Å². The van der Waals surface area contributed by atoms with E-state index in [4.69, 9.17) is 9.47 Å². The van der Waals surface area contributed by atoms with Crippen molar-refractivity contribution in [3.8, 4) is 0 Å². The third-order valence-corrected chi connectivity index (χ3v) is 4.75. The fourth-order valence-corrected chi connectivity index (χ4v) is 3.44. The van der Waals surface area contributed by atoms with Gasteiger partial charge in [-0.05, 0) is 26.5 Å². The van der Waals surface area contributed by atoms with Crippen molar-refractivity contribution in [3.05, 3.63) is 35.9 Å². The van der Waals surface area contributed by atoms with Crippen LogP contribution in [0, 0.1) is 0 Å². The van der Waals surface area contributed by atoms with Crippen molar-refractivity contribution < 1.29 is 19.1 Å². The molecule has 0 unspecified atom stereocenters. The zero-order chi connectivity index (χ0) is 18.9. The van der Waals surface area contributed by atoms with E-state index >= 15 is 0 Å². The van der Waals surface area contributed by atoms with E-state index in [9.17, 15) is 9.59 Å². The van der Waals surface area contributed by atoms with Crippen LogP contribution in [0.2, 0.25) is 0 Å². The smallest absolute Gasteiger partial charge is 0.307 e. The van der Waals surface area contributed by atoms with E-state index in [1.807, 2.05) is 39.1 Å². The minimum Gasteiger partial charge on any atom is -0.466 e. The van der Waals surface area contributed by atoms with Crippen LogP contribution in [0.3, 0.4) is 0 Å². The topological polar surface area (TPSA) is 59.1 Å². The highest BCUT2D eigenvalue weighted by atomic mass is 16.5. The predicted molar refractivity (Wildman–Crippen MR) is 99.6 cm³/mol. The average molecular weight is 362 g/mol. The van der Waals surface area contributed by atoms with E-state index in [2.05, 4.69) is 21.9 Å². The predicted octanol–water partition coefficient (Wildman–Crippen LogP) is 2.08. The molecule has 2 rings (SSSR count). The third kappa shape index (κ3) is 6.11. The Balaban J connectivity index is 2.08. The highest BCUT2D eigenvalue weighted by Gasteiger charge is 2.34. The molecule has 0 saturated carbocycles. The Morgan fingerprint density at radius 1 is 0.962 bits per heavy atom. The van der Waals surface area contributed by atoms with Gasteiger partial charge in [0.15, 0.2) is 0 Å². The minimum absolute atomic E-state index is 0.0194. The van der Waals surface area contributed by atoms with Crippen molar-refractivity contribution in [2.24, 2.45) is 0 Å². The number of likely N-dealkylation sites (N-methyl/N-ethyl adjacent to an activating group) is 1. The number of benzene rings is 1. The molecule has 1 aromatic rings. The molecule has 1 fully saturated rings. The van der Waals surface area contributed by atoms with Gasteiger partial charge in [-0.15, -0.1) is 0 Å². The van der Waals surface area contributed by atoms with Crippen LogP contribution in [-0.2, 0) is 25.6 Å². The van der Waals surface area contributed by atoms with Gasteiger partial charge in [0.1, 0.15) is 0 Å². The van der Waals surface area contributed by atoms with Crippen LogP contribution in [0.15, 0.2) is 30.3 Å². The van der Waals surface area contributed by atoms with E-state index in [1.165, 1.54) is 5.56 Å². The zero-order valence-corrected chi connectivity index (χ0v) is 16.0. The summed E-state index contributed by atoms with van der Waals surface area (Å²) in [5.41, 5.74) is 1.22. The summed E-state index contributed by atoms with van der Waals surface area (Å²) in [5, 5.41) is 0. The SMILES string of the molecule is CCOC(=O)C[C@@H]1CN(Cc2ccccc2)C[C@H](CC(=O)OCC)N1C. The molecule has 1 aliphatic heterocycles. The quantitative estimate of drug-likeness (QED) is 0.660. The highest BCUT2D eigenvalue weighted by Crippen LogP contribution is 2.21. The fraction of sp³-hybridized carbons (Fsp3) is 0.600. The summed E-state index contributed by atoms with van der Waals surface area (Å²) in [5.74, 6) is -0.387. The van der Waals surface area contributed by atoms with Gasteiger partial charge in [0.25, 0.3) is 0 Å². The number of nitrogens with zero attached hydrogens (tertiary/aromatic N) is 2. The molecule has 6 heteroatoms. The van der Waals surface area contributed by atoms with Crippen LogP contribution >= 0.6 is 0 Å². The maximum atomic E-state index is 12.0. The maximum Gasteiger partial charge on any atom is 0.307 e. The molecule has 1 heterocycles. The van der Waals surface area contributed by atoms with E-state index in [0.29, 0.717) is 26.1 Å². The molecule has 0 amide bonds. The molecule has 26 heavy (non-hydrogen) atoms. The summed E-state index contributed by atoms with van der Waals surface area (Å²) in [7, 11) is 1.98. The molecule has 0 spiro atoms. The fourth-order valence-electron chi connectivity index (χ4n) is 3.44. The molecular weight excluding hydrogens is 332 g/mol. The molecule has 0 N–H and O–H groups in total. The van der Waals surface area contributed by atoms with Gasteiger partial charge < -0.3 is 9.47 Å². The van der Waals surface area contributed by atoms with Crippen molar-refractivity contribution in [1.82, 2.24) is 9.80 Å². The molecule has 144 valence electrons. The van der Waals surface area contributed by atoms with Gasteiger partial charge in [0.2, 0.25) is 0 Å². The summed E-state index contributed by atoms with van der Waals surface area (Å²) in [6.45, 7) is 6.73. The average Bonchev–Trinajstić information content (AvgIpc) is 2.60. The highest BCUT2D eigenvalue weighted by molar-refractivity contribution is 5.71. The Hall–Kier alpha value is -1.92. The first-order valence-corrected chi connectivity index (χ1v) is 9.32. The first kappa shape index (κ1) is 20.4. The second-order valence-corrected chi connectivity index (χ2v) is 6.67. The Morgan fingerprint density at radius 2 is 1.46 bits per heavy atom. The monoisotopic (exact) mass is 362 g/mol. The van der Waals surface area contributed by atoms with Crippen LogP contribution in [0.4, 0.5) is 0 Å². The molecule has 1 aromatic carbocycles. The maximum absolute atomic E-state index is 12.0. The number of hydrogen-bond donors (Lipinski definition) is 0. The molecule has 0 radical (unpaired) electrons. The van der Waals surface area contributed by atoms with Gasteiger partial charge in [0.05, 0.1) is 26.1 Å². The van der Waals surface area contributed by atoms with Crippen molar-refractivity contribution in [2.45, 2.75) is 45.3 Å². The molecule has 1 aliphatic rings. The van der Waals surface area contributed by atoms with Gasteiger partial charge >= 0.3 is 11.9 Å². The third-order valence-electron chi connectivity index (χ3n) is 4.75. The molecule has 1 saturated heterocycles. The van der Waals surface area contributed by atoms with E-state index in [0.717, 1.165) is 19.6 Å². The second-order valence-electron chi connectivity index (χ2n) is 6.67. The van der Waals surface area contributed by atoms with Gasteiger partial charge in [-0.3, -0.25) is 19.4 Å².